The van der Waals surface area contributed by atoms with Gasteiger partial charge in [-0.2, -0.15) is 0 Å². The van der Waals surface area contributed by atoms with Gasteiger partial charge in [0.05, 0.1) is 33.8 Å². The standard InChI is InChI=1S/C27H28N6O4/c1-18(34)32-23-16-21(33(36)37)11-12-22(23)25(27(32)35)26(19-8-6-5-7-9-19)29-20-10-13-24(28-17-20)31(4)15-14-30(2)3/h5-13,16-17,29H,14-15H2,1-4H3/b26-25-. The number of non-ortho nitro benzene ring substituents is 1. The van der Waals surface area contributed by atoms with Crippen LogP contribution in [0.3, 0.4) is 0 Å². The second-order valence-corrected chi connectivity index (χ2v) is 8.99. The van der Waals surface area contributed by atoms with Crippen molar-refractivity contribution in [1.29, 1.82) is 0 Å². The predicted octanol–water partition coefficient (Wildman–Crippen LogP) is 3.86. The van der Waals surface area contributed by atoms with Gasteiger partial charge in [0.15, 0.2) is 0 Å². The molecular weight excluding hydrogens is 472 g/mol. The first-order valence-corrected chi connectivity index (χ1v) is 11.7. The lowest BCUT2D eigenvalue weighted by Crippen LogP contribution is -2.31. The molecule has 2 aromatic carbocycles. The average molecular weight is 501 g/mol. The smallest absolute Gasteiger partial charge is 0.271 e. The molecule has 190 valence electrons. The Morgan fingerprint density at radius 1 is 1.05 bits per heavy atom. The normalized spacial score (nSPS) is 14.0. The number of fused-ring (bicyclic) bond motifs is 1. The number of hydrogen-bond acceptors (Lipinski definition) is 8. The number of likely N-dealkylation sites (N-methyl/N-ethyl adjacent to an activating group) is 2. The fraction of sp³-hybridized carbons (Fsp3) is 0.222. The van der Waals surface area contributed by atoms with E-state index in [1.54, 1.807) is 6.20 Å². The third kappa shape index (κ3) is 5.34. The first kappa shape index (κ1) is 25.5. The number of carbonyl (C=O) groups is 2. The molecule has 0 fully saturated rings. The van der Waals surface area contributed by atoms with Crippen molar-refractivity contribution in [2.24, 2.45) is 0 Å². The number of rotatable bonds is 8. The highest BCUT2D eigenvalue weighted by Gasteiger charge is 2.38. The molecule has 0 saturated carbocycles. The molecule has 0 spiro atoms. The van der Waals surface area contributed by atoms with Crippen LogP contribution in [-0.2, 0) is 9.59 Å². The Hall–Kier alpha value is -4.57. The van der Waals surface area contributed by atoms with Gasteiger partial charge in [-0.25, -0.2) is 9.88 Å². The number of nitrogens with zero attached hydrogens (tertiary/aromatic N) is 5. The van der Waals surface area contributed by atoms with Crippen LogP contribution in [0, 0.1) is 10.1 Å². The number of carbonyl (C=O) groups excluding carboxylic acids is 2. The highest BCUT2D eigenvalue weighted by Crippen LogP contribution is 2.42. The summed E-state index contributed by atoms with van der Waals surface area (Å²) >= 11 is 0. The van der Waals surface area contributed by atoms with Gasteiger partial charge in [-0.05, 0) is 37.9 Å². The Morgan fingerprint density at radius 3 is 2.38 bits per heavy atom. The van der Waals surface area contributed by atoms with E-state index >= 15 is 0 Å². The summed E-state index contributed by atoms with van der Waals surface area (Å²) in [5.41, 5.74) is 2.50. The van der Waals surface area contributed by atoms with Gasteiger partial charge in [0, 0.05) is 44.8 Å². The number of amides is 2. The summed E-state index contributed by atoms with van der Waals surface area (Å²) in [6, 6.07) is 17.1. The van der Waals surface area contributed by atoms with Crippen LogP contribution in [0.4, 0.5) is 22.9 Å². The minimum Gasteiger partial charge on any atom is -0.358 e. The molecule has 0 radical (unpaired) electrons. The fourth-order valence-corrected chi connectivity index (χ4v) is 4.10. The zero-order valence-corrected chi connectivity index (χ0v) is 21.1. The first-order chi connectivity index (χ1) is 17.7. The number of anilines is 3. The third-order valence-electron chi connectivity index (χ3n) is 6.04. The molecule has 1 N–H and O–H groups in total. The van der Waals surface area contributed by atoms with Crippen LogP contribution >= 0.6 is 0 Å². The molecule has 10 nitrogen and oxygen atoms in total. The molecule has 10 heteroatoms. The summed E-state index contributed by atoms with van der Waals surface area (Å²) in [6.45, 7) is 2.95. The van der Waals surface area contributed by atoms with Crippen molar-refractivity contribution in [3.63, 3.8) is 0 Å². The van der Waals surface area contributed by atoms with E-state index in [2.05, 4.69) is 20.1 Å². The van der Waals surface area contributed by atoms with E-state index in [4.69, 9.17) is 0 Å². The fourth-order valence-electron chi connectivity index (χ4n) is 4.10. The summed E-state index contributed by atoms with van der Waals surface area (Å²) in [7, 11) is 6.00. The first-order valence-electron chi connectivity index (χ1n) is 11.7. The molecule has 0 saturated heterocycles. The summed E-state index contributed by atoms with van der Waals surface area (Å²) in [5, 5.41) is 14.7. The molecule has 3 aromatic rings. The van der Waals surface area contributed by atoms with E-state index in [1.165, 1.54) is 25.1 Å². The van der Waals surface area contributed by atoms with Crippen molar-refractivity contribution in [2.75, 3.05) is 49.3 Å². The summed E-state index contributed by atoms with van der Waals surface area (Å²) in [5.74, 6) is -0.276. The molecule has 37 heavy (non-hydrogen) atoms. The van der Waals surface area contributed by atoms with Crippen LogP contribution < -0.4 is 15.1 Å². The summed E-state index contributed by atoms with van der Waals surface area (Å²) in [6.07, 6.45) is 1.68. The Labute approximate surface area is 215 Å². The van der Waals surface area contributed by atoms with E-state index in [9.17, 15) is 19.7 Å². The Kier molecular flexibility index (Phi) is 7.30. The molecule has 2 amide bonds. The molecule has 1 aliphatic rings. The minimum atomic E-state index is -0.553. The van der Waals surface area contributed by atoms with Gasteiger partial charge in [-0.15, -0.1) is 0 Å². The van der Waals surface area contributed by atoms with Crippen molar-refractivity contribution in [3.8, 4) is 0 Å². The zero-order valence-electron chi connectivity index (χ0n) is 21.1. The maximum atomic E-state index is 13.6. The molecule has 4 rings (SSSR count). The van der Waals surface area contributed by atoms with E-state index in [0.717, 1.165) is 23.8 Å². The van der Waals surface area contributed by atoms with Crippen LogP contribution in [-0.4, -0.2) is 60.9 Å². The molecule has 0 bridgehead atoms. The van der Waals surface area contributed by atoms with E-state index in [-0.39, 0.29) is 16.9 Å². The van der Waals surface area contributed by atoms with Crippen molar-refractivity contribution >= 4 is 46.0 Å². The van der Waals surface area contributed by atoms with Crippen LogP contribution in [0.25, 0.3) is 11.3 Å². The van der Waals surface area contributed by atoms with E-state index < -0.39 is 16.7 Å². The van der Waals surface area contributed by atoms with E-state index in [1.807, 2.05) is 63.6 Å². The Morgan fingerprint density at radius 2 is 1.78 bits per heavy atom. The van der Waals surface area contributed by atoms with Crippen LogP contribution in [0.15, 0.2) is 66.9 Å². The lowest BCUT2D eigenvalue weighted by molar-refractivity contribution is -0.384. The summed E-state index contributed by atoms with van der Waals surface area (Å²) in [4.78, 5) is 46.5. The Bertz CT molecular complexity index is 1370. The maximum Gasteiger partial charge on any atom is 0.271 e. The van der Waals surface area contributed by atoms with Gasteiger partial charge in [-0.1, -0.05) is 30.3 Å². The molecule has 0 atom stereocenters. The number of nitro groups is 1. The average Bonchev–Trinajstić information content (AvgIpc) is 3.17. The van der Waals surface area contributed by atoms with E-state index in [0.29, 0.717) is 22.5 Å². The van der Waals surface area contributed by atoms with Crippen molar-refractivity contribution < 1.29 is 14.5 Å². The van der Waals surface area contributed by atoms with Gasteiger partial charge in [0.2, 0.25) is 5.91 Å². The van der Waals surface area contributed by atoms with Gasteiger partial charge in [-0.3, -0.25) is 19.7 Å². The lowest BCUT2D eigenvalue weighted by atomic mass is 10.00. The molecule has 0 aliphatic carbocycles. The van der Waals surface area contributed by atoms with Crippen LogP contribution in [0.2, 0.25) is 0 Å². The highest BCUT2D eigenvalue weighted by atomic mass is 16.6. The topological polar surface area (TPSA) is 112 Å². The third-order valence-corrected chi connectivity index (χ3v) is 6.04. The van der Waals surface area contributed by atoms with Crippen molar-refractivity contribution in [2.45, 2.75) is 6.92 Å². The van der Waals surface area contributed by atoms with Gasteiger partial charge < -0.3 is 15.1 Å². The largest absolute Gasteiger partial charge is 0.358 e. The number of nitrogens with one attached hydrogen (secondary N) is 1. The van der Waals surface area contributed by atoms with Crippen molar-refractivity contribution in [3.05, 3.63) is 88.1 Å². The monoisotopic (exact) mass is 500 g/mol. The van der Waals surface area contributed by atoms with Crippen LogP contribution in [0.5, 0.6) is 0 Å². The van der Waals surface area contributed by atoms with Crippen LogP contribution in [0.1, 0.15) is 18.1 Å². The number of hydrogen-bond donors (Lipinski definition) is 1. The molecule has 2 heterocycles. The zero-order chi connectivity index (χ0) is 26.7. The second-order valence-electron chi connectivity index (χ2n) is 8.99. The SMILES string of the molecule is CC(=O)N1C(=O)/C(=C(\Nc2ccc(N(C)CCN(C)C)nc2)c2ccccc2)c2ccc([N+](=O)[O-])cc21. The number of nitro benzene ring substituents is 1. The van der Waals surface area contributed by atoms with Crippen molar-refractivity contribution in [1.82, 2.24) is 9.88 Å². The Balaban J connectivity index is 1.79. The van der Waals surface area contributed by atoms with Gasteiger partial charge in [0.1, 0.15) is 5.82 Å². The molecule has 1 aliphatic heterocycles. The lowest BCUT2D eigenvalue weighted by Gasteiger charge is -2.21. The second kappa shape index (κ2) is 10.6. The molecule has 0 unspecified atom stereocenters. The highest BCUT2D eigenvalue weighted by molar-refractivity contribution is 6.43. The minimum absolute atomic E-state index is 0.188. The maximum absolute atomic E-state index is 13.6. The molecule has 1 aromatic heterocycles. The predicted molar refractivity (Wildman–Crippen MR) is 144 cm³/mol. The van der Waals surface area contributed by atoms with Gasteiger partial charge in [0.25, 0.3) is 11.6 Å². The number of aromatic nitrogens is 1. The number of imide groups is 1. The van der Waals surface area contributed by atoms with Gasteiger partial charge >= 0.3 is 0 Å². The quantitative estimate of drug-likeness (QED) is 0.282. The molecular formula is C27H28N6O4. The number of benzene rings is 2. The summed E-state index contributed by atoms with van der Waals surface area (Å²) < 4.78 is 0. The number of pyridine rings is 1.